The number of carboxylic acid groups (broad SMARTS) is 1. The van der Waals surface area contributed by atoms with Crippen LogP contribution in [0.4, 0.5) is 0 Å². The van der Waals surface area contributed by atoms with Crippen molar-refractivity contribution >= 4 is 11.8 Å². The Labute approximate surface area is 136 Å². The summed E-state index contributed by atoms with van der Waals surface area (Å²) in [5.41, 5.74) is 0.521. The Hall–Kier alpha value is -1.92. The SMILES string of the molecule is CCOc1ccc(C(=O)C(CC(=O)O)CN2CCOCC2)cc1. The van der Waals surface area contributed by atoms with Gasteiger partial charge in [-0.3, -0.25) is 14.5 Å². The normalized spacial score (nSPS) is 16.7. The summed E-state index contributed by atoms with van der Waals surface area (Å²) in [5, 5.41) is 9.11. The number of benzene rings is 1. The van der Waals surface area contributed by atoms with Gasteiger partial charge in [0.1, 0.15) is 5.75 Å². The van der Waals surface area contributed by atoms with Crippen LogP contribution in [0.1, 0.15) is 23.7 Å². The lowest BCUT2D eigenvalue weighted by Crippen LogP contribution is -2.41. The van der Waals surface area contributed by atoms with E-state index in [2.05, 4.69) is 4.90 Å². The van der Waals surface area contributed by atoms with Gasteiger partial charge in [-0.2, -0.15) is 0 Å². The van der Waals surface area contributed by atoms with Gasteiger partial charge in [0.15, 0.2) is 5.78 Å². The Morgan fingerprint density at radius 3 is 2.48 bits per heavy atom. The van der Waals surface area contributed by atoms with Crippen molar-refractivity contribution in [3.05, 3.63) is 29.8 Å². The van der Waals surface area contributed by atoms with Crippen molar-refractivity contribution in [2.24, 2.45) is 5.92 Å². The number of carbonyl (C=O) groups excluding carboxylic acids is 1. The molecule has 0 aliphatic carbocycles. The molecule has 23 heavy (non-hydrogen) atoms. The second-order valence-corrected chi connectivity index (χ2v) is 5.53. The zero-order valence-corrected chi connectivity index (χ0v) is 13.4. The maximum atomic E-state index is 12.7. The fourth-order valence-corrected chi connectivity index (χ4v) is 2.66. The summed E-state index contributed by atoms with van der Waals surface area (Å²) in [5.74, 6) is -0.944. The number of ether oxygens (including phenoxy) is 2. The maximum Gasteiger partial charge on any atom is 0.304 e. The van der Waals surface area contributed by atoms with Crippen LogP contribution in [0.15, 0.2) is 24.3 Å². The minimum atomic E-state index is -0.956. The van der Waals surface area contributed by atoms with Crippen molar-refractivity contribution in [1.29, 1.82) is 0 Å². The van der Waals surface area contributed by atoms with Gasteiger partial charge in [0.2, 0.25) is 0 Å². The summed E-state index contributed by atoms with van der Waals surface area (Å²) in [6.07, 6.45) is -0.163. The average molecular weight is 321 g/mol. The van der Waals surface area contributed by atoms with Gasteiger partial charge in [-0.15, -0.1) is 0 Å². The molecule has 126 valence electrons. The highest BCUT2D eigenvalue weighted by Crippen LogP contribution is 2.18. The van der Waals surface area contributed by atoms with Crippen molar-refractivity contribution in [3.63, 3.8) is 0 Å². The van der Waals surface area contributed by atoms with Gasteiger partial charge in [0.25, 0.3) is 0 Å². The van der Waals surface area contributed by atoms with E-state index in [1.165, 1.54) is 0 Å². The molecule has 1 fully saturated rings. The first kappa shape index (κ1) is 17.4. The topological polar surface area (TPSA) is 76.1 Å². The number of nitrogens with zero attached hydrogens (tertiary/aromatic N) is 1. The van der Waals surface area contributed by atoms with E-state index in [9.17, 15) is 9.59 Å². The van der Waals surface area contributed by atoms with Crippen LogP contribution >= 0.6 is 0 Å². The molecular formula is C17H23NO5. The lowest BCUT2D eigenvalue weighted by molar-refractivity contribution is -0.138. The number of carbonyl (C=O) groups is 2. The monoisotopic (exact) mass is 321 g/mol. The van der Waals surface area contributed by atoms with Crippen molar-refractivity contribution in [3.8, 4) is 5.75 Å². The zero-order chi connectivity index (χ0) is 16.7. The third-order valence-electron chi connectivity index (χ3n) is 3.82. The molecule has 0 bridgehead atoms. The fourth-order valence-electron chi connectivity index (χ4n) is 2.66. The van der Waals surface area contributed by atoms with Crippen LogP contribution in [0.25, 0.3) is 0 Å². The predicted octanol–water partition coefficient (Wildman–Crippen LogP) is 1.69. The number of Topliss-reactive ketones (excluding diaryl/α,β-unsaturated/α-hetero) is 1. The van der Waals surface area contributed by atoms with Gasteiger partial charge >= 0.3 is 5.97 Å². The molecule has 1 saturated heterocycles. The first-order chi connectivity index (χ1) is 11.1. The third kappa shape index (κ3) is 5.33. The van der Waals surface area contributed by atoms with Crippen LogP contribution < -0.4 is 4.74 Å². The molecule has 6 heteroatoms. The molecular weight excluding hydrogens is 298 g/mol. The van der Waals surface area contributed by atoms with Crippen molar-refractivity contribution in [2.75, 3.05) is 39.5 Å². The molecule has 0 spiro atoms. The summed E-state index contributed by atoms with van der Waals surface area (Å²) >= 11 is 0. The molecule has 0 amide bonds. The minimum Gasteiger partial charge on any atom is -0.494 e. The summed E-state index contributed by atoms with van der Waals surface area (Å²) in [4.78, 5) is 25.9. The zero-order valence-electron chi connectivity index (χ0n) is 13.4. The van der Waals surface area contributed by atoms with E-state index in [1.807, 2.05) is 6.92 Å². The molecule has 1 N–H and O–H groups in total. The van der Waals surface area contributed by atoms with E-state index in [0.29, 0.717) is 37.7 Å². The van der Waals surface area contributed by atoms with E-state index in [4.69, 9.17) is 14.6 Å². The van der Waals surface area contributed by atoms with Crippen molar-refractivity contribution in [2.45, 2.75) is 13.3 Å². The predicted molar refractivity (Wildman–Crippen MR) is 84.9 cm³/mol. The Morgan fingerprint density at radius 1 is 1.26 bits per heavy atom. The summed E-state index contributed by atoms with van der Waals surface area (Å²) < 4.78 is 10.6. The van der Waals surface area contributed by atoms with Crippen molar-refractivity contribution in [1.82, 2.24) is 4.90 Å². The maximum absolute atomic E-state index is 12.7. The molecule has 1 aliphatic heterocycles. The lowest BCUT2D eigenvalue weighted by atomic mass is 9.93. The van der Waals surface area contributed by atoms with Crippen LogP contribution in [-0.4, -0.2) is 61.2 Å². The number of morpholine rings is 1. The molecule has 1 aliphatic rings. The summed E-state index contributed by atoms with van der Waals surface area (Å²) in [6.45, 7) is 5.60. The number of aliphatic carboxylic acids is 1. The smallest absolute Gasteiger partial charge is 0.304 e. The van der Waals surface area contributed by atoms with E-state index in [-0.39, 0.29) is 12.2 Å². The highest BCUT2D eigenvalue weighted by molar-refractivity contribution is 5.99. The van der Waals surface area contributed by atoms with Crippen LogP contribution in [0, 0.1) is 5.92 Å². The molecule has 0 aromatic heterocycles. The van der Waals surface area contributed by atoms with Crippen LogP contribution in [0.3, 0.4) is 0 Å². The molecule has 1 aromatic carbocycles. The largest absolute Gasteiger partial charge is 0.494 e. The highest BCUT2D eigenvalue weighted by atomic mass is 16.5. The second kappa shape index (κ2) is 8.64. The average Bonchev–Trinajstić information content (AvgIpc) is 2.55. The molecule has 1 atom stereocenters. The van der Waals surface area contributed by atoms with Gasteiger partial charge in [-0.05, 0) is 31.2 Å². The van der Waals surface area contributed by atoms with E-state index in [1.54, 1.807) is 24.3 Å². The third-order valence-corrected chi connectivity index (χ3v) is 3.82. The van der Waals surface area contributed by atoms with Gasteiger partial charge < -0.3 is 14.6 Å². The number of hydrogen-bond donors (Lipinski definition) is 1. The Bertz CT molecular complexity index is 522. The lowest BCUT2D eigenvalue weighted by Gasteiger charge is -2.29. The van der Waals surface area contributed by atoms with Crippen molar-refractivity contribution < 1.29 is 24.2 Å². The first-order valence-corrected chi connectivity index (χ1v) is 7.89. The first-order valence-electron chi connectivity index (χ1n) is 7.89. The van der Waals surface area contributed by atoms with E-state index < -0.39 is 11.9 Å². The van der Waals surface area contributed by atoms with Crippen LogP contribution in [-0.2, 0) is 9.53 Å². The molecule has 1 aromatic rings. The Morgan fingerprint density at radius 2 is 1.91 bits per heavy atom. The number of ketones is 1. The van der Waals surface area contributed by atoms with Crippen LogP contribution in [0.5, 0.6) is 5.75 Å². The molecule has 0 radical (unpaired) electrons. The van der Waals surface area contributed by atoms with E-state index in [0.717, 1.165) is 13.1 Å². The minimum absolute atomic E-state index is 0.137. The molecule has 0 saturated carbocycles. The molecule has 1 unspecified atom stereocenters. The van der Waals surface area contributed by atoms with Crippen LogP contribution in [0.2, 0.25) is 0 Å². The van der Waals surface area contributed by atoms with Gasteiger partial charge in [-0.25, -0.2) is 0 Å². The van der Waals surface area contributed by atoms with Gasteiger partial charge in [0, 0.05) is 31.1 Å². The summed E-state index contributed by atoms with van der Waals surface area (Å²) in [7, 11) is 0. The number of hydrogen-bond acceptors (Lipinski definition) is 5. The molecule has 2 rings (SSSR count). The standard InChI is InChI=1S/C17H23NO5/c1-2-23-15-5-3-13(4-6-15)17(21)14(11-16(19)20)12-18-7-9-22-10-8-18/h3-6,14H,2,7-12H2,1H3,(H,19,20). The van der Waals surface area contributed by atoms with Gasteiger partial charge in [0.05, 0.1) is 26.2 Å². The quantitative estimate of drug-likeness (QED) is 0.734. The van der Waals surface area contributed by atoms with Gasteiger partial charge in [-0.1, -0.05) is 0 Å². The molecule has 6 nitrogen and oxygen atoms in total. The molecule has 1 heterocycles. The Kier molecular flexibility index (Phi) is 6.55. The number of rotatable bonds is 8. The second-order valence-electron chi connectivity index (χ2n) is 5.53. The van der Waals surface area contributed by atoms with E-state index >= 15 is 0 Å². The Balaban J connectivity index is 2.06. The number of carboxylic acids is 1. The highest BCUT2D eigenvalue weighted by Gasteiger charge is 2.26. The fraction of sp³-hybridized carbons (Fsp3) is 0.529. The summed E-state index contributed by atoms with van der Waals surface area (Å²) in [6, 6.07) is 6.87.